The molecule has 0 aromatic rings. The lowest BCUT2D eigenvalue weighted by Crippen LogP contribution is -2.40. The number of carbonyl (C=O) groups excluding carboxylic acids is 2. The molecule has 0 aromatic heterocycles. The van der Waals surface area contributed by atoms with Gasteiger partial charge in [-0.05, 0) is 13.8 Å². The fraction of sp³-hybridized carbons (Fsp3) is 0.500. The van der Waals surface area contributed by atoms with Gasteiger partial charge in [-0.25, -0.2) is 4.79 Å². The summed E-state index contributed by atoms with van der Waals surface area (Å²) in [6.07, 6.45) is 1.53. The molecule has 1 heterocycles. The smallest absolute Gasteiger partial charge is 0.324 e. The highest BCUT2D eigenvalue weighted by Gasteiger charge is 2.43. The van der Waals surface area contributed by atoms with E-state index in [9.17, 15) is 9.59 Å². The molecule has 0 unspecified atom stereocenters. The topological polar surface area (TPSA) is 49.4 Å². The molecule has 1 saturated heterocycles. The summed E-state index contributed by atoms with van der Waals surface area (Å²) in [4.78, 5) is 23.7. The van der Waals surface area contributed by atoms with Crippen LogP contribution < -0.4 is 5.32 Å². The Morgan fingerprint density at radius 3 is 2.38 bits per heavy atom. The van der Waals surface area contributed by atoms with E-state index >= 15 is 0 Å². The van der Waals surface area contributed by atoms with Crippen molar-refractivity contribution in [3.05, 3.63) is 12.7 Å². The number of carbonyl (C=O) groups is 2. The van der Waals surface area contributed by atoms with Crippen molar-refractivity contribution in [2.75, 3.05) is 6.54 Å². The van der Waals surface area contributed by atoms with Gasteiger partial charge in [-0.3, -0.25) is 9.69 Å². The lowest BCUT2D eigenvalue weighted by Gasteiger charge is -2.14. The molecule has 0 aromatic carbocycles. The number of nitrogens with zero attached hydrogens (tertiary/aromatic N) is 1. The van der Waals surface area contributed by atoms with E-state index in [1.807, 2.05) is 0 Å². The van der Waals surface area contributed by atoms with Gasteiger partial charge in [0.05, 0.1) is 0 Å². The van der Waals surface area contributed by atoms with Crippen molar-refractivity contribution in [2.24, 2.45) is 0 Å². The fourth-order valence-corrected chi connectivity index (χ4v) is 1.11. The van der Waals surface area contributed by atoms with Crippen LogP contribution in [0.4, 0.5) is 4.79 Å². The average Bonchev–Trinajstić information content (AvgIpc) is 2.13. The van der Waals surface area contributed by atoms with Gasteiger partial charge in [0.1, 0.15) is 5.54 Å². The van der Waals surface area contributed by atoms with Crippen LogP contribution in [0.3, 0.4) is 0 Å². The second-order valence-corrected chi connectivity index (χ2v) is 3.26. The van der Waals surface area contributed by atoms with Gasteiger partial charge in [-0.2, -0.15) is 0 Å². The first kappa shape index (κ1) is 12.0. The molecule has 0 radical (unpaired) electrons. The molecule has 13 heavy (non-hydrogen) atoms. The number of urea groups is 1. The third-order valence-electron chi connectivity index (χ3n) is 1.76. The standard InChI is InChI=1S/C8H12N2O2.ClH/c1-4-5-10-6(11)8(2,3)9-7(10)12;/h4H,1,5H2,2-3H3,(H,9,12);1H. The molecule has 0 saturated carbocycles. The van der Waals surface area contributed by atoms with E-state index in [0.29, 0.717) is 0 Å². The van der Waals surface area contributed by atoms with Crippen LogP contribution in [-0.4, -0.2) is 28.9 Å². The zero-order valence-corrected chi connectivity index (χ0v) is 8.48. The summed E-state index contributed by atoms with van der Waals surface area (Å²) in [5, 5.41) is 2.57. The molecule has 1 aliphatic rings. The number of halogens is 1. The van der Waals surface area contributed by atoms with Crippen molar-refractivity contribution < 1.29 is 9.59 Å². The molecule has 1 rings (SSSR count). The average molecular weight is 205 g/mol. The normalized spacial score (nSPS) is 19.4. The minimum atomic E-state index is -0.764. The molecule has 4 nitrogen and oxygen atoms in total. The van der Waals surface area contributed by atoms with Crippen molar-refractivity contribution in [1.29, 1.82) is 0 Å². The molecule has 0 aliphatic carbocycles. The molecule has 1 aliphatic heterocycles. The number of imide groups is 1. The van der Waals surface area contributed by atoms with Gasteiger partial charge in [0.2, 0.25) is 0 Å². The molecule has 1 fully saturated rings. The predicted octanol–water partition coefficient (Wildman–Crippen LogP) is 0.925. The van der Waals surface area contributed by atoms with Crippen molar-refractivity contribution >= 4 is 24.3 Å². The first-order chi connectivity index (χ1) is 5.49. The molecule has 74 valence electrons. The first-order valence-corrected chi connectivity index (χ1v) is 3.74. The van der Waals surface area contributed by atoms with Crippen molar-refractivity contribution in [3.8, 4) is 0 Å². The maximum atomic E-state index is 11.4. The minimum Gasteiger partial charge on any atom is -0.324 e. The van der Waals surface area contributed by atoms with Gasteiger partial charge in [-0.1, -0.05) is 6.08 Å². The van der Waals surface area contributed by atoms with E-state index < -0.39 is 5.54 Å². The van der Waals surface area contributed by atoms with Crippen molar-refractivity contribution in [3.63, 3.8) is 0 Å². The lowest BCUT2D eigenvalue weighted by atomic mass is 10.1. The number of rotatable bonds is 2. The Kier molecular flexibility index (Phi) is 3.49. The van der Waals surface area contributed by atoms with Crippen molar-refractivity contribution in [2.45, 2.75) is 19.4 Å². The first-order valence-electron chi connectivity index (χ1n) is 3.74. The molecule has 5 heteroatoms. The van der Waals surface area contributed by atoms with Crippen LogP contribution in [0.15, 0.2) is 12.7 Å². The van der Waals surface area contributed by atoms with E-state index in [2.05, 4.69) is 11.9 Å². The van der Waals surface area contributed by atoms with Gasteiger partial charge in [0.15, 0.2) is 0 Å². The summed E-state index contributed by atoms with van der Waals surface area (Å²) in [6.45, 7) is 7.09. The highest BCUT2D eigenvalue weighted by molar-refractivity contribution is 6.06. The summed E-state index contributed by atoms with van der Waals surface area (Å²) in [7, 11) is 0. The molecule has 0 atom stereocenters. The molecular formula is C8H13ClN2O2. The van der Waals surface area contributed by atoms with E-state index in [1.165, 1.54) is 6.08 Å². The van der Waals surface area contributed by atoms with Gasteiger partial charge in [0.25, 0.3) is 5.91 Å². The molecule has 1 N–H and O–H groups in total. The highest BCUT2D eigenvalue weighted by atomic mass is 35.5. The maximum absolute atomic E-state index is 11.4. The number of hydrogen-bond acceptors (Lipinski definition) is 2. The lowest BCUT2D eigenvalue weighted by molar-refractivity contribution is -0.129. The summed E-state index contributed by atoms with van der Waals surface area (Å²) < 4.78 is 0. The molecule has 0 spiro atoms. The van der Waals surface area contributed by atoms with Crippen LogP contribution in [0.1, 0.15) is 13.8 Å². The highest BCUT2D eigenvalue weighted by Crippen LogP contribution is 2.15. The summed E-state index contributed by atoms with van der Waals surface area (Å²) in [5.41, 5.74) is -0.764. The summed E-state index contributed by atoms with van der Waals surface area (Å²) in [6, 6.07) is -0.343. The Balaban J connectivity index is 0.00000144. The Labute approximate surface area is 83.4 Å². The van der Waals surface area contributed by atoms with E-state index in [1.54, 1.807) is 13.8 Å². The monoisotopic (exact) mass is 204 g/mol. The number of hydrogen-bond donors (Lipinski definition) is 1. The second-order valence-electron chi connectivity index (χ2n) is 3.26. The van der Waals surface area contributed by atoms with Crippen LogP contribution in [-0.2, 0) is 4.79 Å². The molecule has 3 amide bonds. The van der Waals surface area contributed by atoms with Crippen LogP contribution >= 0.6 is 12.4 Å². The van der Waals surface area contributed by atoms with Gasteiger partial charge in [0, 0.05) is 6.54 Å². The van der Waals surface area contributed by atoms with Crippen LogP contribution in [0.25, 0.3) is 0 Å². The fourth-order valence-electron chi connectivity index (χ4n) is 1.11. The van der Waals surface area contributed by atoms with E-state index in [-0.39, 0.29) is 30.9 Å². The Hall–Kier alpha value is -1.03. The van der Waals surface area contributed by atoms with Crippen molar-refractivity contribution in [1.82, 2.24) is 10.2 Å². The third kappa shape index (κ3) is 2.01. The van der Waals surface area contributed by atoms with Gasteiger partial charge in [-0.15, -0.1) is 19.0 Å². The van der Waals surface area contributed by atoms with Crippen LogP contribution in [0, 0.1) is 0 Å². The maximum Gasteiger partial charge on any atom is 0.325 e. The predicted molar refractivity (Wildman–Crippen MR) is 51.8 cm³/mol. The Bertz CT molecular complexity index is 251. The summed E-state index contributed by atoms with van der Waals surface area (Å²) in [5.74, 6) is -0.201. The number of amides is 3. The molecule has 0 bridgehead atoms. The minimum absolute atomic E-state index is 0. The Morgan fingerprint density at radius 1 is 1.54 bits per heavy atom. The zero-order valence-electron chi connectivity index (χ0n) is 7.66. The van der Waals surface area contributed by atoms with Crippen LogP contribution in [0.2, 0.25) is 0 Å². The Morgan fingerprint density at radius 2 is 2.08 bits per heavy atom. The second kappa shape index (κ2) is 3.79. The number of nitrogens with one attached hydrogen (secondary N) is 1. The third-order valence-corrected chi connectivity index (χ3v) is 1.76. The van der Waals surface area contributed by atoms with E-state index in [0.717, 1.165) is 4.90 Å². The van der Waals surface area contributed by atoms with Crippen LogP contribution in [0.5, 0.6) is 0 Å². The molecular weight excluding hydrogens is 192 g/mol. The SMILES string of the molecule is C=CCN1C(=O)NC(C)(C)C1=O.Cl. The largest absolute Gasteiger partial charge is 0.325 e. The van der Waals surface area contributed by atoms with Gasteiger partial charge >= 0.3 is 6.03 Å². The van der Waals surface area contributed by atoms with Gasteiger partial charge < -0.3 is 5.32 Å². The van der Waals surface area contributed by atoms with E-state index in [4.69, 9.17) is 0 Å². The summed E-state index contributed by atoms with van der Waals surface area (Å²) >= 11 is 0. The quantitative estimate of drug-likeness (QED) is 0.537. The zero-order chi connectivity index (χ0) is 9.35.